The van der Waals surface area contributed by atoms with Gasteiger partial charge in [-0.05, 0) is 60.2 Å². The van der Waals surface area contributed by atoms with Crippen molar-refractivity contribution in [1.82, 2.24) is 4.72 Å². The van der Waals surface area contributed by atoms with Crippen LogP contribution in [0.3, 0.4) is 0 Å². The SMILES string of the molecule is Cc1cc(S(=O)(=O)NC2CCC(C(=O)O)CC2)sc1Br. The fourth-order valence-corrected chi connectivity index (χ4v) is 5.85. The molecule has 0 amide bonds. The third-order valence-corrected chi connectivity index (χ3v) is 7.63. The Morgan fingerprint density at radius 1 is 1.40 bits per heavy atom. The normalized spacial score (nSPS) is 23.7. The van der Waals surface area contributed by atoms with Crippen LogP contribution in [0, 0.1) is 12.8 Å². The van der Waals surface area contributed by atoms with Crippen LogP contribution in [0.5, 0.6) is 0 Å². The quantitative estimate of drug-likeness (QED) is 0.839. The van der Waals surface area contributed by atoms with Gasteiger partial charge in [-0.2, -0.15) is 0 Å². The molecule has 112 valence electrons. The van der Waals surface area contributed by atoms with Gasteiger partial charge < -0.3 is 5.11 Å². The molecule has 0 aliphatic heterocycles. The summed E-state index contributed by atoms with van der Waals surface area (Å²) in [7, 11) is -3.51. The smallest absolute Gasteiger partial charge is 0.306 e. The van der Waals surface area contributed by atoms with Gasteiger partial charge in [0.2, 0.25) is 10.0 Å². The minimum absolute atomic E-state index is 0.170. The minimum Gasteiger partial charge on any atom is -0.481 e. The molecule has 5 nitrogen and oxygen atoms in total. The maximum Gasteiger partial charge on any atom is 0.306 e. The van der Waals surface area contributed by atoms with E-state index in [4.69, 9.17) is 5.11 Å². The van der Waals surface area contributed by atoms with Crippen molar-refractivity contribution < 1.29 is 18.3 Å². The van der Waals surface area contributed by atoms with E-state index in [1.807, 2.05) is 6.92 Å². The molecule has 0 bridgehead atoms. The lowest BCUT2D eigenvalue weighted by Gasteiger charge is -2.26. The topological polar surface area (TPSA) is 83.5 Å². The Labute approximate surface area is 130 Å². The van der Waals surface area contributed by atoms with Crippen LogP contribution in [0.4, 0.5) is 0 Å². The summed E-state index contributed by atoms with van der Waals surface area (Å²) in [6.45, 7) is 1.84. The average molecular weight is 382 g/mol. The molecule has 1 saturated carbocycles. The first-order chi connectivity index (χ1) is 9.29. The van der Waals surface area contributed by atoms with Crippen molar-refractivity contribution in [3.05, 3.63) is 15.4 Å². The van der Waals surface area contributed by atoms with E-state index < -0.39 is 16.0 Å². The molecular formula is C12H16BrNO4S2. The fourth-order valence-electron chi connectivity index (χ4n) is 2.30. The molecule has 2 rings (SSSR count). The molecule has 2 N–H and O–H groups in total. The van der Waals surface area contributed by atoms with Gasteiger partial charge in [-0.3, -0.25) is 4.79 Å². The number of carboxylic acid groups (broad SMARTS) is 1. The molecule has 1 aliphatic rings. The van der Waals surface area contributed by atoms with E-state index in [9.17, 15) is 13.2 Å². The Morgan fingerprint density at radius 3 is 2.45 bits per heavy atom. The first-order valence-electron chi connectivity index (χ1n) is 6.30. The van der Waals surface area contributed by atoms with E-state index in [-0.39, 0.29) is 12.0 Å². The van der Waals surface area contributed by atoms with Crippen LogP contribution < -0.4 is 4.72 Å². The fraction of sp³-hybridized carbons (Fsp3) is 0.583. The zero-order valence-corrected chi connectivity index (χ0v) is 14.1. The molecule has 1 aromatic heterocycles. The van der Waals surface area contributed by atoms with E-state index in [0.717, 1.165) is 9.35 Å². The van der Waals surface area contributed by atoms with Gasteiger partial charge in [0.1, 0.15) is 4.21 Å². The number of aliphatic carboxylic acids is 1. The van der Waals surface area contributed by atoms with Crippen LogP contribution in [0.25, 0.3) is 0 Å². The van der Waals surface area contributed by atoms with Crippen molar-refractivity contribution in [2.45, 2.75) is 42.9 Å². The molecule has 1 aromatic rings. The van der Waals surface area contributed by atoms with Gasteiger partial charge in [0, 0.05) is 6.04 Å². The highest BCUT2D eigenvalue weighted by Crippen LogP contribution is 2.31. The van der Waals surface area contributed by atoms with Crippen LogP contribution in [0.1, 0.15) is 31.2 Å². The standard InChI is InChI=1S/C12H16BrNO4S2/c1-7-6-10(19-11(7)13)20(17,18)14-9-4-2-8(3-5-9)12(15)16/h6,8-9,14H,2-5H2,1H3,(H,15,16). The Kier molecular flexibility index (Phi) is 4.88. The highest BCUT2D eigenvalue weighted by Gasteiger charge is 2.29. The predicted octanol–water partition coefficient (Wildman–Crippen LogP) is 2.74. The van der Waals surface area contributed by atoms with Crippen molar-refractivity contribution in [2.24, 2.45) is 5.92 Å². The minimum atomic E-state index is -3.51. The van der Waals surface area contributed by atoms with E-state index >= 15 is 0 Å². The summed E-state index contributed by atoms with van der Waals surface area (Å²) in [4.78, 5) is 10.9. The molecular weight excluding hydrogens is 366 g/mol. The van der Waals surface area contributed by atoms with Gasteiger partial charge in [0.15, 0.2) is 0 Å². The lowest BCUT2D eigenvalue weighted by molar-refractivity contribution is -0.142. The van der Waals surface area contributed by atoms with Gasteiger partial charge in [-0.15, -0.1) is 11.3 Å². The number of thiophene rings is 1. The predicted molar refractivity (Wildman–Crippen MR) is 80.5 cm³/mol. The molecule has 0 spiro atoms. The largest absolute Gasteiger partial charge is 0.481 e. The van der Waals surface area contributed by atoms with E-state index in [0.29, 0.717) is 29.9 Å². The molecule has 0 aromatic carbocycles. The third kappa shape index (κ3) is 3.60. The zero-order valence-electron chi connectivity index (χ0n) is 10.9. The number of aryl methyl sites for hydroxylation is 1. The van der Waals surface area contributed by atoms with Gasteiger partial charge >= 0.3 is 5.97 Å². The second kappa shape index (κ2) is 6.13. The first-order valence-corrected chi connectivity index (χ1v) is 9.40. The highest BCUT2D eigenvalue weighted by atomic mass is 79.9. The maximum atomic E-state index is 12.2. The summed E-state index contributed by atoms with van der Waals surface area (Å²) in [5, 5.41) is 8.93. The van der Waals surface area contributed by atoms with Crippen LogP contribution in [-0.2, 0) is 14.8 Å². The molecule has 20 heavy (non-hydrogen) atoms. The number of carboxylic acids is 1. The molecule has 0 radical (unpaired) electrons. The highest BCUT2D eigenvalue weighted by molar-refractivity contribution is 9.11. The van der Waals surface area contributed by atoms with Gasteiger partial charge in [-0.1, -0.05) is 0 Å². The summed E-state index contributed by atoms with van der Waals surface area (Å²) in [5.74, 6) is -1.13. The molecule has 1 heterocycles. The summed E-state index contributed by atoms with van der Waals surface area (Å²) in [6, 6.07) is 1.47. The number of rotatable bonds is 4. The zero-order chi connectivity index (χ0) is 14.9. The number of hydrogen-bond donors (Lipinski definition) is 2. The lowest BCUT2D eigenvalue weighted by atomic mass is 9.87. The van der Waals surface area contributed by atoms with Crippen molar-refractivity contribution in [3.63, 3.8) is 0 Å². The molecule has 1 aliphatic carbocycles. The average Bonchev–Trinajstić information content (AvgIpc) is 2.71. The number of halogens is 1. The third-order valence-electron chi connectivity index (χ3n) is 3.50. The van der Waals surface area contributed by atoms with Gasteiger partial charge in [0.05, 0.1) is 9.70 Å². The van der Waals surface area contributed by atoms with Crippen LogP contribution in [0.2, 0.25) is 0 Å². The van der Waals surface area contributed by atoms with Gasteiger partial charge in [-0.25, -0.2) is 13.1 Å². The summed E-state index contributed by atoms with van der Waals surface area (Å²) in [6.07, 6.45) is 2.19. The molecule has 1 fully saturated rings. The first kappa shape index (κ1) is 15.9. The summed E-state index contributed by atoms with van der Waals surface area (Å²) < 4.78 is 28.3. The Bertz CT molecular complexity index is 583. The van der Waals surface area contributed by atoms with Crippen molar-refractivity contribution in [2.75, 3.05) is 0 Å². The molecule has 8 heteroatoms. The number of sulfonamides is 1. The van der Waals surface area contributed by atoms with E-state index in [1.54, 1.807) is 6.07 Å². The number of carbonyl (C=O) groups is 1. The van der Waals surface area contributed by atoms with Crippen molar-refractivity contribution in [3.8, 4) is 0 Å². The molecule has 0 atom stereocenters. The molecule has 0 saturated heterocycles. The van der Waals surface area contributed by atoms with Crippen molar-refractivity contribution >= 4 is 43.3 Å². The second-order valence-electron chi connectivity index (χ2n) is 5.03. The van der Waals surface area contributed by atoms with Crippen molar-refractivity contribution in [1.29, 1.82) is 0 Å². The van der Waals surface area contributed by atoms with E-state index in [2.05, 4.69) is 20.7 Å². The molecule has 0 unspecified atom stereocenters. The monoisotopic (exact) mass is 381 g/mol. The summed E-state index contributed by atoms with van der Waals surface area (Å²) in [5.41, 5.74) is 0.893. The number of nitrogens with one attached hydrogen (secondary N) is 1. The number of hydrogen-bond acceptors (Lipinski definition) is 4. The Balaban J connectivity index is 2.01. The van der Waals surface area contributed by atoms with Gasteiger partial charge in [0.25, 0.3) is 0 Å². The Morgan fingerprint density at radius 2 is 2.00 bits per heavy atom. The van der Waals surface area contributed by atoms with E-state index in [1.165, 1.54) is 11.3 Å². The van der Waals surface area contributed by atoms with Crippen LogP contribution in [0.15, 0.2) is 14.1 Å². The maximum absolute atomic E-state index is 12.2. The second-order valence-corrected chi connectivity index (χ2v) is 9.34. The Hall–Kier alpha value is -0.440. The lowest BCUT2D eigenvalue weighted by Crippen LogP contribution is -2.38. The summed E-state index contributed by atoms with van der Waals surface area (Å²) >= 11 is 4.51. The van der Waals surface area contributed by atoms with Crippen LogP contribution >= 0.6 is 27.3 Å². The van der Waals surface area contributed by atoms with Crippen LogP contribution in [-0.4, -0.2) is 25.5 Å².